The molecule has 0 aromatic rings. The molecule has 1 saturated carbocycles. The molecule has 0 radical (unpaired) electrons. The molecule has 2 nitrogen and oxygen atoms in total. The topological polar surface area (TPSA) is 15.3 Å². The Morgan fingerprint density at radius 2 is 1.89 bits per heavy atom. The van der Waals surface area contributed by atoms with E-state index in [1.165, 1.54) is 71.1 Å². The van der Waals surface area contributed by atoms with Crippen LogP contribution in [0.4, 0.5) is 0 Å². The maximum atomic E-state index is 3.84. The number of unbranched alkanes of at least 4 members (excludes halogenated alkanes) is 1. The van der Waals surface area contributed by atoms with Gasteiger partial charge in [0.2, 0.25) is 0 Å². The molecule has 1 heterocycles. The highest BCUT2D eigenvalue weighted by molar-refractivity contribution is 4.85. The third-order valence-corrected chi connectivity index (χ3v) is 4.51. The zero-order chi connectivity index (χ0) is 12.8. The molecule has 0 amide bonds. The minimum atomic E-state index is 0.771. The number of piperidine rings is 1. The van der Waals surface area contributed by atoms with Crippen LogP contribution in [-0.4, -0.2) is 37.1 Å². The minimum absolute atomic E-state index is 0.771. The second-order valence-electron chi connectivity index (χ2n) is 6.55. The van der Waals surface area contributed by atoms with Crippen LogP contribution in [-0.2, 0) is 0 Å². The normalized spacial score (nSPS) is 29.7. The molecule has 18 heavy (non-hydrogen) atoms. The Hall–Kier alpha value is -0.0800. The van der Waals surface area contributed by atoms with Crippen molar-refractivity contribution in [2.45, 2.75) is 64.8 Å². The van der Waals surface area contributed by atoms with Crippen LogP contribution in [0.2, 0.25) is 0 Å². The average Bonchev–Trinajstić information content (AvgIpc) is 3.18. The Morgan fingerprint density at radius 3 is 2.56 bits per heavy atom. The monoisotopic (exact) mass is 252 g/mol. The quantitative estimate of drug-likeness (QED) is 0.713. The lowest BCUT2D eigenvalue weighted by molar-refractivity contribution is 0.134. The molecule has 1 saturated heterocycles. The van der Waals surface area contributed by atoms with E-state index in [4.69, 9.17) is 0 Å². The highest BCUT2D eigenvalue weighted by atomic mass is 15.2. The lowest BCUT2D eigenvalue weighted by Crippen LogP contribution is -2.49. The van der Waals surface area contributed by atoms with Gasteiger partial charge in [-0.1, -0.05) is 26.7 Å². The predicted octanol–water partition coefficient (Wildman–Crippen LogP) is 3.28. The molecule has 1 aliphatic heterocycles. The van der Waals surface area contributed by atoms with Crippen LogP contribution in [0.3, 0.4) is 0 Å². The molecular formula is C16H32N2. The minimum Gasteiger partial charge on any atom is -0.312 e. The van der Waals surface area contributed by atoms with Gasteiger partial charge in [-0.2, -0.15) is 0 Å². The Labute approximate surface area is 114 Å². The maximum Gasteiger partial charge on any atom is 0.0198 e. The van der Waals surface area contributed by atoms with Gasteiger partial charge in [0.25, 0.3) is 0 Å². The van der Waals surface area contributed by atoms with E-state index in [1.54, 1.807) is 0 Å². The van der Waals surface area contributed by atoms with Crippen LogP contribution in [0.1, 0.15) is 58.8 Å². The van der Waals surface area contributed by atoms with Crippen LogP contribution in [0.5, 0.6) is 0 Å². The van der Waals surface area contributed by atoms with Crippen LogP contribution in [0, 0.1) is 11.8 Å². The van der Waals surface area contributed by atoms with E-state index in [-0.39, 0.29) is 0 Å². The Bertz CT molecular complexity index is 225. The van der Waals surface area contributed by atoms with Crippen LogP contribution < -0.4 is 5.32 Å². The smallest absolute Gasteiger partial charge is 0.0198 e. The maximum absolute atomic E-state index is 3.84. The van der Waals surface area contributed by atoms with E-state index in [9.17, 15) is 0 Å². The molecule has 2 unspecified atom stereocenters. The van der Waals surface area contributed by atoms with Crippen molar-refractivity contribution in [3.05, 3.63) is 0 Å². The van der Waals surface area contributed by atoms with E-state index in [1.807, 2.05) is 0 Å². The summed E-state index contributed by atoms with van der Waals surface area (Å²) < 4.78 is 0. The van der Waals surface area contributed by atoms with Crippen molar-refractivity contribution in [1.82, 2.24) is 10.2 Å². The summed E-state index contributed by atoms with van der Waals surface area (Å²) in [5.41, 5.74) is 0. The number of hydrogen-bond donors (Lipinski definition) is 1. The van der Waals surface area contributed by atoms with Crippen molar-refractivity contribution in [1.29, 1.82) is 0 Å². The summed E-state index contributed by atoms with van der Waals surface area (Å²) in [5, 5.41) is 3.84. The number of hydrogen-bond acceptors (Lipinski definition) is 2. The second-order valence-corrected chi connectivity index (χ2v) is 6.55. The molecule has 106 valence electrons. The Balaban J connectivity index is 1.75. The van der Waals surface area contributed by atoms with Crippen molar-refractivity contribution in [3.63, 3.8) is 0 Å². The zero-order valence-corrected chi connectivity index (χ0v) is 12.5. The van der Waals surface area contributed by atoms with Crippen molar-refractivity contribution in [2.75, 3.05) is 26.2 Å². The van der Waals surface area contributed by atoms with Crippen molar-refractivity contribution < 1.29 is 0 Å². The van der Waals surface area contributed by atoms with Crippen molar-refractivity contribution >= 4 is 0 Å². The van der Waals surface area contributed by atoms with Gasteiger partial charge >= 0.3 is 0 Å². The lowest BCUT2D eigenvalue weighted by Gasteiger charge is -2.38. The fourth-order valence-corrected chi connectivity index (χ4v) is 3.31. The van der Waals surface area contributed by atoms with Gasteiger partial charge in [0.1, 0.15) is 0 Å². The Morgan fingerprint density at radius 1 is 1.06 bits per heavy atom. The first-order valence-corrected chi connectivity index (χ1v) is 8.27. The summed E-state index contributed by atoms with van der Waals surface area (Å²) in [6.45, 7) is 9.85. The number of nitrogens with one attached hydrogen (secondary N) is 1. The average molecular weight is 252 g/mol. The van der Waals surface area contributed by atoms with E-state index in [0.29, 0.717) is 0 Å². The molecule has 0 aromatic carbocycles. The zero-order valence-electron chi connectivity index (χ0n) is 12.5. The molecule has 2 heteroatoms. The highest BCUT2D eigenvalue weighted by Gasteiger charge is 2.28. The van der Waals surface area contributed by atoms with Crippen molar-refractivity contribution in [3.8, 4) is 0 Å². The van der Waals surface area contributed by atoms with E-state index in [0.717, 1.165) is 17.9 Å². The first kappa shape index (κ1) is 14.3. The third kappa shape index (κ3) is 4.89. The molecule has 0 spiro atoms. The molecule has 2 aliphatic rings. The molecule has 1 N–H and O–H groups in total. The second kappa shape index (κ2) is 7.49. The van der Waals surface area contributed by atoms with E-state index >= 15 is 0 Å². The summed E-state index contributed by atoms with van der Waals surface area (Å²) in [4.78, 5) is 2.70. The van der Waals surface area contributed by atoms with Gasteiger partial charge in [-0.3, -0.25) is 0 Å². The fourth-order valence-electron chi connectivity index (χ4n) is 3.31. The van der Waals surface area contributed by atoms with Gasteiger partial charge < -0.3 is 10.2 Å². The Kier molecular flexibility index (Phi) is 5.97. The number of likely N-dealkylation sites (tertiary alicyclic amines) is 1. The molecule has 2 fully saturated rings. The van der Waals surface area contributed by atoms with Crippen LogP contribution in [0.15, 0.2) is 0 Å². The standard InChI is InChI=1S/C16H32N2/c1-3-5-6-15-10-16(17-11-14-7-8-14)13-18(12-15)9-4-2/h14-17H,3-13H2,1-2H3. The van der Waals surface area contributed by atoms with Crippen molar-refractivity contribution in [2.24, 2.45) is 11.8 Å². The number of nitrogens with zero attached hydrogens (tertiary/aromatic N) is 1. The summed E-state index contributed by atoms with van der Waals surface area (Å²) in [6.07, 6.45) is 9.88. The summed E-state index contributed by atoms with van der Waals surface area (Å²) in [5.74, 6) is 1.96. The van der Waals surface area contributed by atoms with Gasteiger partial charge in [-0.25, -0.2) is 0 Å². The number of rotatable bonds is 8. The first-order valence-electron chi connectivity index (χ1n) is 8.27. The van der Waals surface area contributed by atoms with Gasteiger partial charge in [0.05, 0.1) is 0 Å². The molecule has 0 bridgehead atoms. The van der Waals surface area contributed by atoms with E-state index in [2.05, 4.69) is 24.1 Å². The summed E-state index contributed by atoms with van der Waals surface area (Å²) in [7, 11) is 0. The van der Waals surface area contributed by atoms with Gasteiger partial charge in [-0.05, 0) is 57.0 Å². The lowest BCUT2D eigenvalue weighted by atomic mass is 9.89. The van der Waals surface area contributed by atoms with Crippen LogP contribution >= 0.6 is 0 Å². The van der Waals surface area contributed by atoms with E-state index < -0.39 is 0 Å². The summed E-state index contributed by atoms with van der Waals surface area (Å²) >= 11 is 0. The largest absolute Gasteiger partial charge is 0.312 e. The molecule has 2 rings (SSSR count). The first-order chi connectivity index (χ1) is 8.81. The molecule has 0 aromatic heterocycles. The fraction of sp³-hybridized carbons (Fsp3) is 1.00. The molecule has 2 atom stereocenters. The van der Waals surface area contributed by atoms with Crippen LogP contribution in [0.25, 0.3) is 0 Å². The molecular weight excluding hydrogens is 220 g/mol. The SMILES string of the molecule is CCCCC1CC(NCC2CC2)CN(CCC)C1. The van der Waals surface area contributed by atoms with Gasteiger partial charge in [-0.15, -0.1) is 0 Å². The molecule has 1 aliphatic carbocycles. The highest BCUT2D eigenvalue weighted by Crippen LogP contribution is 2.29. The van der Waals surface area contributed by atoms with Gasteiger partial charge in [0, 0.05) is 19.1 Å². The van der Waals surface area contributed by atoms with Gasteiger partial charge in [0.15, 0.2) is 0 Å². The summed E-state index contributed by atoms with van der Waals surface area (Å²) in [6, 6.07) is 0.771. The third-order valence-electron chi connectivity index (χ3n) is 4.51. The predicted molar refractivity (Wildman–Crippen MR) is 78.9 cm³/mol.